The predicted octanol–water partition coefficient (Wildman–Crippen LogP) is 1.09. The summed E-state index contributed by atoms with van der Waals surface area (Å²) in [5.41, 5.74) is 0. The highest BCUT2D eigenvalue weighted by Gasteiger charge is 2.27. The van der Waals surface area contributed by atoms with Crippen LogP contribution >= 0.6 is 11.3 Å². The van der Waals surface area contributed by atoms with Crippen molar-refractivity contribution in [2.24, 2.45) is 0 Å². The molecule has 122 valence electrons. The Balaban J connectivity index is 1.89. The van der Waals surface area contributed by atoms with Crippen molar-refractivity contribution < 1.29 is 18.0 Å². The number of H-pyrrole nitrogens is 1. The maximum absolute atomic E-state index is 12.7. The lowest BCUT2D eigenvalue weighted by atomic mass is 10.1. The van der Waals surface area contributed by atoms with Gasteiger partial charge in [0, 0.05) is 4.88 Å². The minimum absolute atomic E-state index is 0.0213. The van der Waals surface area contributed by atoms with Gasteiger partial charge in [0.25, 0.3) is 5.78 Å². The van der Waals surface area contributed by atoms with Gasteiger partial charge in [-0.15, -0.1) is 21.5 Å². The van der Waals surface area contributed by atoms with E-state index < -0.39 is 21.4 Å². The number of sulfone groups is 1. The van der Waals surface area contributed by atoms with E-state index >= 15 is 0 Å². The smallest absolute Gasteiger partial charge is 0.269 e. The first-order valence-corrected chi connectivity index (χ1v) is 9.04. The number of hydrogen-bond donors (Lipinski definition) is 1. The molecule has 2 heterocycles. The number of thiophene rings is 1. The summed E-state index contributed by atoms with van der Waals surface area (Å²) in [4.78, 5) is 24.4. The molecule has 0 amide bonds. The molecule has 0 saturated heterocycles. The molecule has 0 fully saturated rings. The summed E-state index contributed by atoms with van der Waals surface area (Å²) < 4.78 is 25.3. The number of aromatic amines is 1. The SMILES string of the molecule is O=C(Cc1sccc1S(=O)(=O)c1ccccc1)C(=O)c1nn[nH]n1. The molecule has 0 aliphatic rings. The molecule has 0 bridgehead atoms. The quantitative estimate of drug-likeness (QED) is 0.514. The van der Waals surface area contributed by atoms with Crippen LogP contribution in [0.4, 0.5) is 0 Å². The number of hydrogen-bond acceptors (Lipinski definition) is 8. The number of carbonyl (C=O) groups excluding carboxylic acids is 2. The lowest BCUT2D eigenvalue weighted by Gasteiger charge is -2.05. The molecular weight excluding hydrogens is 352 g/mol. The molecule has 8 nitrogen and oxygen atoms in total. The van der Waals surface area contributed by atoms with E-state index in [1.54, 1.807) is 23.6 Å². The van der Waals surface area contributed by atoms with Crippen LogP contribution in [0.1, 0.15) is 15.5 Å². The van der Waals surface area contributed by atoms with Gasteiger partial charge in [-0.05, 0) is 28.8 Å². The number of ketones is 2. The Hall–Kier alpha value is -2.72. The summed E-state index contributed by atoms with van der Waals surface area (Å²) in [6, 6.07) is 9.31. The molecule has 0 atom stereocenters. The van der Waals surface area contributed by atoms with Crippen LogP contribution in [0.25, 0.3) is 0 Å². The van der Waals surface area contributed by atoms with E-state index in [1.165, 1.54) is 18.2 Å². The van der Waals surface area contributed by atoms with Crippen molar-refractivity contribution in [3.8, 4) is 0 Å². The molecule has 3 rings (SSSR count). The number of benzene rings is 1. The second-order valence-electron chi connectivity index (χ2n) is 4.69. The molecule has 0 saturated carbocycles. The monoisotopic (exact) mass is 362 g/mol. The highest BCUT2D eigenvalue weighted by Crippen LogP contribution is 2.28. The molecule has 0 unspecified atom stereocenters. The van der Waals surface area contributed by atoms with Gasteiger partial charge in [-0.25, -0.2) is 8.42 Å². The maximum Gasteiger partial charge on any atom is 0.269 e. The minimum Gasteiger partial charge on any atom is -0.290 e. The van der Waals surface area contributed by atoms with Gasteiger partial charge in [0.05, 0.1) is 16.2 Å². The Bertz CT molecular complexity index is 979. The van der Waals surface area contributed by atoms with Gasteiger partial charge < -0.3 is 0 Å². The van der Waals surface area contributed by atoms with E-state index in [-0.39, 0.29) is 22.0 Å². The van der Waals surface area contributed by atoms with Gasteiger partial charge in [0.2, 0.25) is 21.4 Å². The van der Waals surface area contributed by atoms with Crippen molar-refractivity contribution in [3.05, 3.63) is 52.5 Å². The maximum atomic E-state index is 12.7. The number of Topliss-reactive ketones (excluding diaryl/α,β-unsaturated/α-hetero) is 2. The number of rotatable bonds is 6. The second-order valence-corrected chi connectivity index (χ2v) is 7.61. The Morgan fingerprint density at radius 3 is 2.54 bits per heavy atom. The average molecular weight is 362 g/mol. The first-order valence-electron chi connectivity index (χ1n) is 6.67. The van der Waals surface area contributed by atoms with Crippen LogP contribution in [0.2, 0.25) is 0 Å². The lowest BCUT2D eigenvalue weighted by molar-refractivity contribution is -0.114. The Kier molecular flexibility index (Phi) is 4.32. The third-order valence-electron chi connectivity index (χ3n) is 3.17. The average Bonchev–Trinajstić information content (AvgIpc) is 3.26. The molecular formula is C14H10N4O4S2. The molecule has 0 aliphatic carbocycles. The molecule has 24 heavy (non-hydrogen) atoms. The summed E-state index contributed by atoms with van der Waals surface area (Å²) in [6.07, 6.45) is -0.341. The summed E-state index contributed by atoms with van der Waals surface area (Å²) in [6.45, 7) is 0. The zero-order chi connectivity index (χ0) is 17.2. The van der Waals surface area contributed by atoms with E-state index in [1.807, 2.05) is 0 Å². The van der Waals surface area contributed by atoms with Crippen LogP contribution in [-0.4, -0.2) is 40.6 Å². The van der Waals surface area contributed by atoms with Crippen molar-refractivity contribution in [2.45, 2.75) is 16.2 Å². The van der Waals surface area contributed by atoms with Gasteiger partial charge in [-0.2, -0.15) is 5.21 Å². The number of carbonyl (C=O) groups is 2. The van der Waals surface area contributed by atoms with Crippen molar-refractivity contribution in [3.63, 3.8) is 0 Å². The fourth-order valence-electron chi connectivity index (χ4n) is 2.03. The second kappa shape index (κ2) is 6.42. The third kappa shape index (κ3) is 3.01. The van der Waals surface area contributed by atoms with Gasteiger partial charge in [0.1, 0.15) is 0 Å². The highest BCUT2D eigenvalue weighted by atomic mass is 32.2. The zero-order valence-electron chi connectivity index (χ0n) is 12.0. The molecule has 10 heteroatoms. The van der Waals surface area contributed by atoms with Crippen LogP contribution in [0, 0.1) is 0 Å². The topological polar surface area (TPSA) is 123 Å². The fraction of sp³-hybridized carbons (Fsp3) is 0.0714. The van der Waals surface area contributed by atoms with Gasteiger partial charge >= 0.3 is 0 Å². The van der Waals surface area contributed by atoms with Crippen LogP contribution in [0.5, 0.6) is 0 Å². The van der Waals surface area contributed by atoms with Crippen molar-refractivity contribution in [1.82, 2.24) is 20.6 Å². The van der Waals surface area contributed by atoms with E-state index in [2.05, 4.69) is 20.6 Å². The number of aromatic nitrogens is 4. The van der Waals surface area contributed by atoms with Crippen LogP contribution in [0.15, 0.2) is 51.6 Å². The standard InChI is InChI=1S/C14H10N4O4S2/c19-10(13(20)14-15-17-18-16-14)8-11-12(6-7-23-11)24(21,22)9-4-2-1-3-5-9/h1-7H,8H2,(H,15,16,17,18). The molecule has 1 N–H and O–H groups in total. The van der Waals surface area contributed by atoms with Crippen LogP contribution in [0.3, 0.4) is 0 Å². The number of nitrogens with zero attached hydrogens (tertiary/aromatic N) is 3. The first-order chi connectivity index (χ1) is 11.5. The molecule has 0 radical (unpaired) electrons. The van der Waals surface area contributed by atoms with Crippen molar-refractivity contribution in [2.75, 3.05) is 0 Å². The highest BCUT2D eigenvalue weighted by molar-refractivity contribution is 7.91. The van der Waals surface area contributed by atoms with Crippen LogP contribution in [-0.2, 0) is 21.1 Å². The normalized spacial score (nSPS) is 11.3. The van der Waals surface area contributed by atoms with E-state index in [4.69, 9.17) is 0 Å². The largest absolute Gasteiger partial charge is 0.290 e. The molecule has 3 aromatic rings. The molecule has 0 aliphatic heterocycles. The Morgan fingerprint density at radius 1 is 1.12 bits per heavy atom. The van der Waals surface area contributed by atoms with Gasteiger partial charge in [0.15, 0.2) is 0 Å². The lowest BCUT2D eigenvalue weighted by Crippen LogP contribution is -2.18. The third-order valence-corrected chi connectivity index (χ3v) is 6.07. The zero-order valence-corrected chi connectivity index (χ0v) is 13.7. The van der Waals surface area contributed by atoms with Gasteiger partial charge in [-0.1, -0.05) is 18.2 Å². The summed E-state index contributed by atoms with van der Waals surface area (Å²) >= 11 is 1.10. The summed E-state index contributed by atoms with van der Waals surface area (Å²) in [7, 11) is -3.75. The van der Waals surface area contributed by atoms with Gasteiger partial charge in [-0.3, -0.25) is 9.59 Å². The van der Waals surface area contributed by atoms with E-state index in [0.29, 0.717) is 4.88 Å². The Labute approximate surface area is 140 Å². The predicted molar refractivity (Wildman–Crippen MR) is 83.4 cm³/mol. The van der Waals surface area contributed by atoms with Crippen molar-refractivity contribution >= 4 is 32.7 Å². The molecule has 1 aromatic carbocycles. The molecule has 0 spiro atoms. The number of nitrogens with one attached hydrogen (secondary N) is 1. The van der Waals surface area contributed by atoms with Crippen LogP contribution < -0.4 is 0 Å². The fourth-order valence-corrected chi connectivity index (χ4v) is 4.75. The first kappa shape index (κ1) is 16.1. The molecule has 2 aromatic heterocycles. The summed E-state index contributed by atoms with van der Waals surface area (Å²) in [5.74, 6) is -2.06. The van der Waals surface area contributed by atoms with Crippen molar-refractivity contribution in [1.29, 1.82) is 0 Å². The minimum atomic E-state index is -3.75. The number of tetrazole rings is 1. The van der Waals surface area contributed by atoms with E-state index in [9.17, 15) is 18.0 Å². The van der Waals surface area contributed by atoms with E-state index in [0.717, 1.165) is 11.3 Å². The summed E-state index contributed by atoms with van der Waals surface area (Å²) in [5, 5.41) is 13.8. The Morgan fingerprint density at radius 2 is 1.88 bits per heavy atom.